The summed E-state index contributed by atoms with van der Waals surface area (Å²) in [5.74, 6) is 0. The summed E-state index contributed by atoms with van der Waals surface area (Å²) in [6.45, 7) is 4.65. The zero-order valence-corrected chi connectivity index (χ0v) is 10.9. The van der Waals surface area contributed by atoms with Crippen LogP contribution in [-0.2, 0) is 6.42 Å². The molecule has 0 unspecified atom stereocenters. The van der Waals surface area contributed by atoms with Crippen LogP contribution in [0.4, 0.5) is 0 Å². The molecule has 0 bridgehead atoms. The molecule has 1 fully saturated rings. The fourth-order valence-corrected chi connectivity index (χ4v) is 2.73. The lowest BCUT2D eigenvalue weighted by Gasteiger charge is -2.33. The Morgan fingerprint density at radius 1 is 1.24 bits per heavy atom. The third kappa shape index (κ3) is 4.12. The zero-order chi connectivity index (χ0) is 12.0. The predicted molar refractivity (Wildman–Crippen MR) is 72.0 cm³/mol. The Bertz CT molecular complexity index is 315. The van der Waals surface area contributed by atoms with Crippen LogP contribution in [0.25, 0.3) is 0 Å². The first-order valence-corrected chi connectivity index (χ1v) is 6.89. The molecule has 1 aromatic rings. The number of rotatable bonds is 5. The van der Waals surface area contributed by atoms with Crippen LogP contribution in [0.2, 0.25) is 0 Å². The van der Waals surface area contributed by atoms with Gasteiger partial charge in [-0.15, -0.1) is 0 Å². The van der Waals surface area contributed by atoms with E-state index in [2.05, 4.69) is 29.4 Å². The number of nitrogens with one attached hydrogen (secondary N) is 1. The summed E-state index contributed by atoms with van der Waals surface area (Å²) < 4.78 is 0. The van der Waals surface area contributed by atoms with Gasteiger partial charge in [-0.05, 0) is 30.4 Å². The van der Waals surface area contributed by atoms with Gasteiger partial charge in [-0.1, -0.05) is 32.3 Å². The van der Waals surface area contributed by atoms with Gasteiger partial charge in [-0.25, -0.2) is 0 Å². The van der Waals surface area contributed by atoms with Crippen molar-refractivity contribution in [3.63, 3.8) is 0 Å². The quantitative estimate of drug-likeness (QED) is 0.789. The van der Waals surface area contributed by atoms with E-state index in [9.17, 15) is 0 Å². The van der Waals surface area contributed by atoms with Crippen LogP contribution in [0, 0.1) is 5.41 Å². The first-order chi connectivity index (χ1) is 8.29. The molecule has 0 aromatic carbocycles. The van der Waals surface area contributed by atoms with Crippen molar-refractivity contribution >= 4 is 0 Å². The summed E-state index contributed by atoms with van der Waals surface area (Å²) in [4.78, 5) is 4.34. The van der Waals surface area contributed by atoms with E-state index in [4.69, 9.17) is 0 Å². The van der Waals surface area contributed by atoms with E-state index in [1.807, 2.05) is 12.3 Å². The summed E-state index contributed by atoms with van der Waals surface area (Å²) in [6.07, 6.45) is 9.96. The second-order valence-corrected chi connectivity index (χ2v) is 5.62. The first kappa shape index (κ1) is 12.6. The van der Waals surface area contributed by atoms with Gasteiger partial charge >= 0.3 is 0 Å². The van der Waals surface area contributed by atoms with Crippen LogP contribution in [0.5, 0.6) is 0 Å². The van der Waals surface area contributed by atoms with Crippen molar-refractivity contribution in [2.75, 3.05) is 13.1 Å². The monoisotopic (exact) mass is 232 g/mol. The third-order valence-electron chi connectivity index (χ3n) is 3.90. The molecule has 0 atom stereocenters. The molecule has 0 spiro atoms. The Labute approximate surface area is 105 Å². The van der Waals surface area contributed by atoms with Crippen molar-refractivity contribution in [2.45, 2.75) is 45.4 Å². The largest absolute Gasteiger partial charge is 0.316 e. The maximum absolute atomic E-state index is 4.34. The summed E-state index contributed by atoms with van der Waals surface area (Å²) >= 11 is 0. The number of hydrogen-bond donors (Lipinski definition) is 1. The van der Waals surface area contributed by atoms with E-state index in [0.717, 1.165) is 13.0 Å². The Morgan fingerprint density at radius 2 is 2.06 bits per heavy atom. The van der Waals surface area contributed by atoms with E-state index in [1.165, 1.54) is 44.3 Å². The molecule has 1 aliphatic rings. The summed E-state index contributed by atoms with van der Waals surface area (Å²) in [5, 5.41) is 3.60. The van der Waals surface area contributed by atoms with Gasteiger partial charge in [0.1, 0.15) is 0 Å². The number of pyridine rings is 1. The molecule has 94 valence electrons. The van der Waals surface area contributed by atoms with Gasteiger partial charge in [0.05, 0.1) is 0 Å². The average Bonchev–Trinajstić information content (AvgIpc) is 2.37. The Morgan fingerprint density at radius 3 is 2.76 bits per heavy atom. The Balaban J connectivity index is 1.66. The second-order valence-electron chi connectivity index (χ2n) is 5.62. The molecule has 0 aliphatic heterocycles. The first-order valence-electron chi connectivity index (χ1n) is 6.89. The Hall–Kier alpha value is -0.890. The van der Waals surface area contributed by atoms with Crippen LogP contribution in [0.15, 0.2) is 24.4 Å². The minimum Gasteiger partial charge on any atom is -0.316 e. The maximum atomic E-state index is 4.34. The van der Waals surface area contributed by atoms with Gasteiger partial charge in [-0.2, -0.15) is 0 Å². The van der Waals surface area contributed by atoms with Gasteiger partial charge in [0.25, 0.3) is 0 Å². The fraction of sp³-hybridized carbons (Fsp3) is 0.667. The standard InChI is InChI=1S/C15H24N2/c1-15(9-4-2-5-10-15)13-16-12-8-14-7-3-6-11-17-14/h3,6-7,11,16H,2,4-5,8-10,12-13H2,1H3. The highest BCUT2D eigenvalue weighted by Crippen LogP contribution is 2.34. The van der Waals surface area contributed by atoms with Crippen molar-refractivity contribution < 1.29 is 0 Å². The van der Waals surface area contributed by atoms with Gasteiger partial charge < -0.3 is 5.32 Å². The highest BCUT2D eigenvalue weighted by Gasteiger charge is 2.25. The molecule has 1 aromatic heterocycles. The van der Waals surface area contributed by atoms with Gasteiger partial charge in [0.2, 0.25) is 0 Å². The van der Waals surface area contributed by atoms with Crippen molar-refractivity contribution in [3.05, 3.63) is 30.1 Å². The lowest BCUT2D eigenvalue weighted by atomic mass is 9.76. The summed E-state index contributed by atoms with van der Waals surface area (Å²) in [6, 6.07) is 6.13. The van der Waals surface area contributed by atoms with E-state index in [0.29, 0.717) is 5.41 Å². The minimum absolute atomic E-state index is 0.544. The normalized spacial score (nSPS) is 19.1. The molecule has 0 amide bonds. The molecule has 17 heavy (non-hydrogen) atoms. The number of aromatic nitrogens is 1. The lowest BCUT2D eigenvalue weighted by Crippen LogP contribution is -2.34. The summed E-state index contributed by atoms with van der Waals surface area (Å²) in [7, 11) is 0. The third-order valence-corrected chi connectivity index (χ3v) is 3.90. The molecule has 0 radical (unpaired) electrons. The molecule has 1 N–H and O–H groups in total. The maximum Gasteiger partial charge on any atom is 0.0416 e. The van der Waals surface area contributed by atoms with Crippen LogP contribution < -0.4 is 5.32 Å². The molecule has 1 heterocycles. The molecular formula is C15H24N2. The lowest BCUT2D eigenvalue weighted by molar-refractivity contribution is 0.208. The van der Waals surface area contributed by atoms with Gasteiger partial charge in [0, 0.05) is 31.4 Å². The van der Waals surface area contributed by atoms with Crippen LogP contribution in [-0.4, -0.2) is 18.1 Å². The SMILES string of the molecule is CC1(CNCCc2ccccn2)CCCCC1. The van der Waals surface area contributed by atoms with Crippen molar-refractivity contribution in [1.82, 2.24) is 10.3 Å². The molecule has 0 saturated heterocycles. The van der Waals surface area contributed by atoms with Gasteiger partial charge in [-0.3, -0.25) is 4.98 Å². The molecular weight excluding hydrogens is 208 g/mol. The van der Waals surface area contributed by atoms with Gasteiger partial charge in [0.15, 0.2) is 0 Å². The fourth-order valence-electron chi connectivity index (χ4n) is 2.73. The van der Waals surface area contributed by atoms with E-state index < -0.39 is 0 Å². The summed E-state index contributed by atoms with van der Waals surface area (Å²) in [5.41, 5.74) is 1.73. The van der Waals surface area contributed by atoms with Crippen molar-refractivity contribution in [3.8, 4) is 0 Å². The second kappa shape index (κ2) is 6.15. The Kier molecular flexibility index (Phi) is 4.55. The molecule has 2 heteroatoms. The number of hydrogen-bond acceptors (Lipinski definition) is 2. The minimum atomic E-state index is 0.544. The van der Waals surface area contributed by atoms with E-state index in [-0.39, 0.29) is 0 Å². The average molecular weight is 232 g/mol. The topological polar surface area (TPSA) is 24.9 Å². The zero-order valence-electron chi connectivity index (χ0n) is 10.9. The van der Waals surface area contributed by atoms with Crippen molar-refractivity contribution in [2.24, 2.45) is 5.41 Å². The highest BCUT2D eigenvalue weighted by atomic mass is 14.9. The molecule has 1 saturated carbocycles. The molecule has 2 rings (SSSR count). The van der Waals surface area contributed by atoms with Crippen LogP contribution >= 0.6 is 0 Å². The highest BCUT2D eigenvalue weighted by molar-refractivity contribution is 5.03. The molecule has 1 aliphatic carbocycles. The molecule has 2 nitrogen and oxygen atoms in total. The number of nitrogens with zero attached hydrogens (tertiary/aromatic N) is 1. The predicted octanol–water partition coefficient (Wildman–Crippen LogP) is 3.18. The van der Waals surface area contributed by atoms with E-state index in [1.54, 1.807) is 0 Å². The van der Waals surface area contributed by atoms with Crippen LogP contribution in [0.3, 0.4) is 0 Å². The van der Waals surface area contributed by atoms with E-state index >= 15 is 0 Å². The van der Waals surface area contributed by atoms with Crippen LogP contribution in [0.1, 0.15) is 44.7 Å². The van der Waals surface area contributed by atoms with Crippen molar-refractivity contribution in [1.29, 1.82) is 0 Å². The smallest absolute Gasteiger partial charge is 0.0416 e.